The Morgan fingerprint density at radius 1 is 1.28 bits per heavy atom. The van der Waals surface area contributed by atoms with Crippen LogP contribution < -0.4 is 0 Å². The van der Waals surface area contributed by atoms with E-state index < -0.39 is 0 Å². The minimum Gasteiger partial charge on any atom is -0.391 e. The summed E-state index contributed by atoms with van der Waals surface area (Å²) in [5.41, 5.74) is 0. The maximum absolute atomic E-state index is 12.6. The Labute approximate surface area is 107 Å². The van der Waals surface area contributed by atoms with Crippen molar-refractivity contribution < 1.29 is 14.6 Å². The molecule has 0 spiro atoms. The molecule has 18 heavy (non-hydrogen) atoms. The Morgan fingerprint density at radius 2 is 2.11 bits per heavy atom. The van der Waals surface area contributed by atoms with Gasteiger partial charge in [0.15, 0.2) is 0 Å². The zero-order chi connectivity index (χ0) is 12.4. The summed E-state index contributed by atoms with van der Waals surface area (Å²) < 4.78 is 5.51. The van der Waals surface area contributed by atoms with Crippen molar-refractivity contribution in [2.45, 2.75) is 44.4 Å². The lowest BCUT2D eigenvalue weighted by molar-refractivity contribution is -0.138. The topological polar surface area (TPSA) is 49.8 Å². The highest BCUT2D eigenvalue weighted by atomic mass is 16.5. The molecule has 2 bridgehead atoms. The van der Waals surface area contributed by atoms with Crippen LogP contribution in [0.15, 0.2) is 0 Å². The number of likely N-dealkylation sites (tertiary alicyclic amines) is 1. The number of fused-ring (bicyclic) bond motifs is 1. The predicted molar refractivity (Wildman–Crippen MR) is 64.7 cm³/mol. The van der Waals surface area contributed by atoms with Crippen molar-refractivity contribution in [2.75, 3.05) is 13.2 Å². The number of rotatable bonds is 1. The van der Waals surface area contributed by atoms with Gasteiger partial charge in [-0.05, 0) is 43.9 Å². The lowest BCUT2D eigenvalue weighted by Gasteiger charge is -2.30. The summed E-state index contributed by atoms with van der Waals surface area (Å²) >= 11 is 0. The van der Waals surface area contributed by atoms with Crippen LogP contribution in [0.5, 0.6) is 0 Å². The zero-order valence-corrected chi connectivity index (χ0v) is 10.8. The van der Waals surface area contributed by atoms with Gasteiger partial charge < -0.3 is 14.7 Å². The average Bonchev–Trinajstić information content (AvgIpc) is 3.01. The number of hydrogen-bond acceptors (Lipinski definition) is 3. The number of aliphatic hydroxyl groups is 1. The van der Waals surface area contributed by atoms with Gasteiger partial charge in [-0.25, -0.2) is 0 Å². The number of carbonyl (C=O) groups is 1. The summed E-state index contributed by atoms with van der Waals surface area (Å²) in [7, 11) is 0. The zero-order valence-electron chi connectivity index (χ0n) is 10.8. The van der Waals surface area contributed by atoms with Crippen LogP contribution in [0.4, 0.5) is 0 Å². The summed E-state index contributed by atoms with van der Waals surface area (Å²) in [5.74, 6) is 1.96. The van der Waals surface area contributed by atoms with Crippen molar-refractivity contribution in [3.63, 3.8) is 0 Å². The largest absolute Gasteiger partial charge is 0.391 e. The van der Waals surface area contributed by atoms with Gasteiger partial charge in [0.2, 0.25) is 5.91 Å². The van der Waals surface area contributed by atoms with Crippen LogP contribution in [0, 0.1) is 23.7 Å². The molecule has 7 unspecified atom stereocenters. The van der Waals surface area contributed by atoms with Gasteiger partial charge in [-0.1, -0.05) is 0 Å². The van der Waals surface area contributed by atoms with E-state index in [0.29, 0.717) is 24.4 Å². The Balaban J connectivity index is 1.54. The number of ether oxygens (including phenoxy) is 1. The van der Waals surface area contributed by atoms with Crippen LogP contribution >= 0.6 is 0 Å². The van der Waals surface area contributed by atoms with Gasteiger partial charge in [-0.3, -0.25) is 4.79 Å². The third kappa shape index (κ3) is 1.36. The van der Waals surface area contributed by atoms with Crippen LogP contribution in [-0.4, -0.2) is 47.3 Å². The highest BCUT2D eigenvalue weighted by Gasteiger charge is 2.60. The van der Waals surface area contributed by atoms with Gasteiger partial charge in [-0.2, -0.15) is 0 Å². The van der Waals surface area contributed by atoms with Gasteiger partial charge in [0, 0.05) is 6.54 Å². The second-order valence-electron chi connectivity index (χ2n) is 6.70. The van der Waals surface area contributed by atoms with Gasteiger partial charge in [0.25, 0.3) is 0 Å². The third-order valence-electron chi connectivity index (χ3n) is 5.68. The SMILES string of the molecule is CC1CC(C(=O)N2CC3CC4CC3C2C4O)CO1. The summed E-state index contributed by atoms with van der Waals surface area (Å²) in [6.45, 7) is 3.48. The number of hydrogen-bond donors (Lipinski definition) is 1. The van der Waals surface area contributed by atoms with E-state index in [-0.39, 0.29) is 30.1 Å². The van der Waals surface area contributed by atoms with Gasteiger partial charge in [0.05, 0.1) is 30.8 Å². The van der Waals surface area contributed by atoms with E-state index >= 15 is 0 Å². The van der Waals surface area contributed by atoms with Crippen molar-refractivity contribution in [2.24, 2.45) is 23.7 Å². The summed E-state index contributed by atoms with van der Waals surface area (Å²) in [4.78, 5) is 14.6. The van der Waals surface area contributed by atoms with Crippen molar-refractivity contribution in [1.29, 1.82) is 0 Å². The second kappa shape index (κ2) is 3.70. The molecule has 7 atom stereocenters. The first kappa shape index (κ1) is 11.2. The maximum atomic E-state index is 12.6. The van der Waals surface area contributed by atoms with Gasteiger partial charge in [-0.15, -0.1) is 0 Å². The van der Waals surface area contributed by atoms with Crippen molar-refractivity contribution in [3.8, 4) is 0 Å². The molecule has 0 aromatic rings. The first-order valence-corrected chi connectivity index (χ1v) is 7.25. The van der Waals surface area contributed by atoms with Crippen molar-refractivity contribution in [1.82, 2.24) is 4.90 Å². The minimum absolute atomic E-state index is 0.0312. The third-order valence-corrected chi connectivity index (χ3v) is 5.68. The summed E-state index contributed by atoms with van der Waals surface area (Å²) in [6.07, 6.45) is 3.05. The van der Waals surface area contributed by atoms with E-state index in [2.05, 4.69) is 0 Å². The van der Waals surface area contributed by atoms with E-state index in [0.717, 1.165) is 25.8 Å². The second-order valence-corrected chi connectivity index (χ2v) is 6.70. The molecule has 2 aliphatic carbocycles. The molecule has 2 saturated heterocycles. The van der Waals surface area contributed by atoms with Crippen molar-refractivity contribution >= 4 is 5.91 Å². The number of nitrogens with zero attached hydrogens (tertiary/aromatic N) is 1. The number of carbonyl (C=O) groups excluding carboxylic acids is 1. The standard InChI is InChI=1S/C14H21NO3/c1-7-2-10(6-18-7)14(17)15-5-9-3-8-4-11(9)12(15)13(8)16/h7-13,16H,2-6H2,1H3. The summed E-state index contributed by atoms with van der Waals surface area (Å²) in [6, 6.07) is 0.122. The first-order chi connectivity index (χ1) is 8.65. The minimum atomic E-state index is -0.266. The van der Waals surface area contributed by atoms with E-state index in [1.807, 2.05) is 11.8 Å². The molecule has 4 heteroatoms. The smallest absolute Gasteiger partial charge is 0.228 e. The first-order valence-electron chi connectivity index (χ1n) is 7.25. The highest BCUT2D eigenvalue weighted by molar-refractivity contribution is 5.80. The Kier molecular flexibility index (Phi) is 2.31. The molecule has 0 aromatic heterocycles. The molecule has 4 rings (SSSR count). The molecule has 1 N–H and O–H groups in total. The number of aliphatic hydroxyl groups excluding tert-OH is 1. The van der Waals surface area contributed by atoms with Crippen molar-refractivity contribution in [3.05, 3.63) is 0 Å². The van der Waals surface area contributed by atoms with Crippen LogP contribution in [0.1, 0.15) is 26.2 Å². The number of amides is 1. The molecular formula is C14H21NO3. The molecule has 4 aliphatic rings. The molecule has 2 saturated carbocycles. The van der Waals surface area contributed by atoms with Crippen LogP contribution in [-0.2, 0) is 9.53 Å². The monoisotopic (exact) mass is 251 g/mol. The lowest BCUT2D eigenvalue weighted by atomic mass is 9.88. The molecule has 100 valence electrons. The molecule has 4 fully saturated rings. The molecule has 1 amide bonds. The highest BCUT2D eigenvalue weighted by Crippen LogP contribution is 2.55. The molecule has 4 nitrogen and oxygen atoms in total. The fourth-order valence-corrected chi connectivity index (χ4v) is 4.89. The molecule has 0 aromatic carbocycles. The fourth-order valence-electron chi connectivity index (χ4n) is 4.89. The predicted octanol–water partition coefficient (Wildman–Crippen LogP) is 0.639. The quantitative estimate of drug-likeness (QED) is 0.744. The fraction of sp³-hybridized carbons (Fsp3) is 0.929. The van der Waals surface area contributed by atoms with Gasteiger partial charge in [0.1, 0.15) is 0 Å². The molecular weight excluding hydrogens is 230 g/mol. The molecule has 0 radical (unpaired) electrons. The Morgan fingerprint density at radius 3 is 2.78 bits per heavy atom. The molecule has 2 aliphatic heterocycles. The van der Waals surface area contributed by atoms with Gasteiger partial charge >= 0.3 is 0 Å². The van der Waals surface area contributed by atoms with Crippen LogP contribution in [0.2, 0.25) is 0 Å². The normalized spacial score (nSPS) is 53.4. The van der Waals surface area contributed by atoms with Crippen LogP contribution in [0.25, 0.3) is 0 Å². The van der Waals surface area contributed by atoms with E-state index in [9.17, 15) is 9.90 Å². The Bertz CT molecular complexity index is 383. The average molecular weight is 251 g/mol. The Hall–Kier alpha value is -0.610. The molecule has 2 heterocycles. The van der Waals surface area contributed by atoms with E-state index in [4.69, 9.17) is 4.74 Å². The van der Waals surface area contributed by atoms with Crippen LogP contribution in [0.3, 0.4) is 0 Å². The maximum Gasteiger partial charge on any atom is 0.228 e. The van der Waals surface area contributed by atoms with E-state index in [1.54, 1.807) is 0 Å². The lowest BCUT2D eigenvalue weighted by Crippen LogP contribution is -2.46. The summed E-state index contributed by atoms with van der Waals surface area (Å²) in [5, 5.41) is 10.3. The van der Waals surface area contributed by atoms with E-state index in [1.165, 1.54) is 0 Å².